The van der Waals surface area contributed by atoms with Gasteiger partial charge in [-0.05, 0) is 66.2 Å². The van der Waals surface area contributed by atoms with Crippen molar-refractivity contribution >= 4 is 34.0 Å². The van der Waals surface area contributed by atoms with Crippen LogP contribution in [0.15, 0.2) is 84.9 Å². The van der Waals surface area contributed by atoms with Crippen molar-refractivity contribution in [2.45, 2.75) is 0 Å². The molecular weight excluding hydrogens is 397 g/mol. The summed E-state index contributed by atoms with van der Waals surface area (Å²) in [5, 5.41) is 2.92. The van der Waals surface area contributed by atoms with Crippen molar-refractivity contribution in [2.75, 3.05) is 5.32 Å². The van der Waals surface area contributed by atoms with Gasteiger partial charge >= 0.3 is 0 Å². The van der Waals surface area contributed by atoms with Crippen molar-refractivity contribution in [1.29, 1.82) is 0 Å². The maximum absolute atomic E-state index is 13.1. The van der Waals surface area contributed by atoms with Gasteiger partial charge in [0.25, 0.3) is 5.91 Å². The zero-order valence-corrected chi connectivity index (χ0v) is 16.5. The lowest BCUT2D eigenvalue weighted by Gasteiger charge is -2.04. The first-order valence-electron chi connectivity index (χ1n) is 9.38. The number of hydrogen-bond donors (Lipinski definition) is 2. The summed E-state index contributed by atoms with van der Waals surface area (Å²) in [5.74, 6) is 0.334. The summed E-state index contributed by atoms with van der Waals surface area (Å²) in [5.41, 5.74) is 4.44. The molecule has 0 saturated heterocycles. The van der Waals surface area contributed by atoms with E-state index in [2.05, 4.69) is 15.3 Å². The normalized spacial score (nSPS) is 11.0. The molecule has 0 aliphatic rings. The maximum Gasteiger partial charge on any atom is 0.265 e. The van der Waals surface area contributed by atoms with Crippen LogP contribution in [-0.4, -0.2) is 15.9 Å². The van der Waals surface area contributed by atoms with Crippen LogP contribution in [0, 0.1) is 5.82 Å². The Morgan fingerprint density at radius 3 is 2.37 bits per heavy atom. The van der Waals surface area contributed by atoms with Crippen LogP contribution in [0.1, 0.15) is 9.67 Å². The van der Waals surface area contributed by atoms with E-state index >= 15 is 0 Å². The lowest BCUT2D eigenvalue weighted by molar-refractivity contribution is 0.103. The van der Waals surface area contributed by atoms with Gasteiger partial charge in [-0.3, -0.25) is 4.79 Å². The molecule has 2 N–H and O–H groups in total. The van der Waals surface area contributed by atoms with Crippen molar-refractivity contribution in [3.8, 4) is 21.8 Å². The Labute approximate surface area is 176 Å². The molecule has 6 heteroatoms. The van der Waals surface area contributed by atoms with Crippen LogP contribution in [0.3, 0.4) is 0 Å². The van der Waals surface area contributed by atoms with Crippen molar-refractivity contribution in [3.63, 3.8) is 0 Å². The third-order valence-electron chi connectivity index (χ3n) is 4.76. The van der Waals surface area contributed by atoms with Gasteiger partial charge in [0.1, 0.15) is 11.6 Å². The first-order chi connectivity index (χ1) is 14.7. The molecule has 2 aromatic heterocycles. The summed E-state index contributed by atoms with van der Waals surface area (Å²) in [7, 11) is 0. The molecule has 0 spiro atoms. The number of aromatic amines is 1. The van der Waals surface area contributed by atoms with Gasteiger partial charge in [-0.15, -0.1) is 11.3 Å². The van der Waals surface area contributed by atoms with Crippen molar-refractivity contribution in [1.82, 2.24) is 9.97 Å². The van der Waals surface area contributed by atoms with Crippen LogP contribution in [0.25, 0.3) is 32.9 Å². The fraction of sp³-hybridized carbons (Fsp3) is 0. The summed E-state index contributed by atoms with van der Waals surface area (Å²) in [4.78, 5) is 22.0. The summed E-state index contributed by atoms with van der Waals surface area (Å²) >= 11 is 1.37. The first kappa shape index (κ1) is 18.3. The van der Waals surface area contributed by atoms with E-state index in [1.54, 1.807) is 18.2 Å². The van der Waals surface area contributed by atoms with Gasteiger partial charge in [-0.2, -0.15) is 0 Å². The smallest absolute Gasteiger partial charge is 0.265 e. The second-order valence-corrected chi connectivity index (χ2v) is 7.89. The topological polar surface area (TPSA) is 57.8 Å². The van der Waals surface area contributed by atoms with Crippen LogP contribution in [0.2, 0.25) is 0 Å². The number of carbonyl (C=O) groups is 1. The quantitative estimate of drug-likeness (QED) is 0.361. The highest BCUT2D eigenvalue weighted by atomic mass is 32.1. The number of halogens is 1. The largest absolute Gasteiger partial charge is 0.338 e. The minimum absolute atomic E-state index is 0.176. The number of nitrogens with zero attached hydrogens (tertiary/aromatic N) is 1. The molecule has 0 saturated carbocycles. The number of nitrogens with one attached hydrogen (secondary N) is 2. The molecule has 0 fully saturated rings. The summed E-state index contributed by atoms with van der Waals surface area (Å²) in [6.07, 6.45) is 0. The summed E-state index contributed by atoms with van der Waals surface area (Å²) in [6, 6.07) is 25.3. The summed E-state index contributed by atoms with van der Waals surface area (Å²) in [6.45, 7) is 0. The average Bonchev–Trinajstić information content (AvgIpc) is 3.42. The van der Waals surface area contributed by atoms with E-state index in [0.29, 0.717) is 10.6 Å². The number of anilines is 1. The average molecular weight is 413 g/mol. The second-order valence-electron chi connectivity index (χ2n) is 6.80. The van der Waals surface area contributed by atoms with Gasteiger partial charge < -0.3 is 10.3 Å². The highest BCUT2D eigenvalue weighted by Gasteiger charge is 2.11. The molecule has 3 aromatic carbocycles. The maximum atomic E-state index is 13.1. The Balaban J connectivity index is 1.31. The highest BCUT2D eigenvalue weighted by molar-refractivity contribution is 7.17. The van der Waals surface area contributed by atoms with Crippen LogP contribution in [-0.2, 0) is 0 Å². The van der Waals surface area contributed by atoms with Crippen molar-refractivity contribution in [2.24, 2.45) is 0 Å². The Morgan fingerprint density at radius 2 is 1.60 bits per heavy atom. The van der Waals surface area contributed by atoms with Gasteiger partial charge in [0.2, 0.25) is 0 Å². The molecule has 1 amide bonds. The van der Waals surface area contributed by atoms with Crippen LogP contribution < -0.4 is 5.32 Å². The molecule has 2 heterocycles. The van der Waals surface area contributed by atoms with E-state index in [9.17, 15) is 9.18 Å². The fourth-order valence-corrected chi connectivity index (χ4v) is 4.13. The molecule has 0 unspecified atom stereocenters. The Morgan fingerprint density at radius 1 is 0.867 bits per heavy atom. The molecule has 5 aromatic rings. The lowest BCUT2D eigenvalue weighted by Crippen LogP contribution is -2.09. The number of aromatic nitrogens is 2. The van der Waals surface area contributed by atoms with Crippen molar-refractivity contribution in [3.05, 3.63) is 95.6 Å². The standard InChI is InChI=1S/C24H16FN3OS/c25-17-9-5-15(6-10-17)21-13-14-22(30-21)24(29)26-18-11-7-16(8-12-18)23-27-19-3-1-2-4-20(19)28-23/h1-14H,(H,26,29)(H,27,28). The Hall–Kier alpha value is -3.77. The number of hydrogen-bond acceptors (Lipinski definition) is 3. The molecule has 5 rings (SSSR count). The fourth-order valence-electron chi connectivity index (χ4n) is 3.22. The molecule has 4 nitrogen and oxygen atoms in total. The number of para-hydroxylation sites is 2. The van der Waals surface area contributed by atoms with Crippen LogP contribution in [0.4, 0.5) is 10.1 Å². The van der Waals surface area contributed by atoms with E-state index in [1.807, 2.05) is 54.6 Å². The third-order valence-corrected chi connectivity index (χ3v) is 5.90. The molecule has 0 radical (unpaired) electrons. The lowest BCUT2D eigenvalue weighted by atomic mass is 10.2. The highest BCUT2D eigenvalue weighted by Crippen LogP contribution is 2.29. The van der Waals surface area contributed by atoms with Gasteiger partial charge in [0, 0.05) is 16.1 Å². The molecular formula is C24H16FN3OS. The number of benzene rings is 3. The van der Waals surface area contributed by atoms with Gasteiger partial charge in [-0.25, -0.2) is 9.37 Å². The molecule has 30 heavy (non-hydrogen) atoms. The van der Waals surface area contributed by atoms with E-state index in [1.165, 1.54) is 23.5 Å². The van der Waals surface area contributed by atoms with Gasteiger partial charge in [0.15, 0.2) is 0 Å². The van der Waals surface area contributed by atoms with E-state index in [4.69, 9.17) is 0 Å². The number of H-pyrrole nitrogens is 1. The zero-order valence-electron chi connectivity index (χ0n) is 15.7. The van der Waals surface area contributed by atoms with E-state index in [0.717, 1.165) is 32.9 Å². The van der Waals surface area contributed by atoms with Crippen molar-refractivity contribution < 1.29 is 9.18 Å². The van der Waals surface area contributed by atoms with Gasteiger partial charge in [0.05, 0.1) is 15.9 Å². The third kappa shape index (κ3) is 3.60. The SMILES string of the molecule is O=C(Nc1ccc(-c2nc3ccccc3[nH]2)cc1)c1ccc(-c2ccc(F)cc2)s1. The number of thiophene rings is 1. The Bertz CT molecular complexity index is 1300. The summed E-state index contributed by atoms with van der Waals surface area (Å²) < 4.78 is 13.1. The number of carbonyl (C=O) groups excluding carboxylic acids is 1. The minimum atomic E-state index is -0.278. The first-order valence-corrected chi connectivity index (χ1v) is 10.2. The zero-order chi connectivity index (χ0) is 20.5. The van der Waals surface area contributed by atoms with Gasteiger partial charge in [-0.1, -0.05) is 24.3 Å². The van der Waals surface area contributed by atoms with Crippen LogP contribution in [0.5, 0.6) is 0 Å². The number of amides is 1. The molecule has 0 aliphatic heterocycles. The number of fused-ring (bicyclic) bond motifs is 1. The molecule has 0 atom stereocenters. The number of imidazole rings is 1. The predicted octanol–water partition coefficient (Wildman–Crippen LogP) is 6.35. The monoisotopic (exact) mass is 413 g/mol. The molecule has 146 valence electrons. The second kappa shape index (κ2) is 7.57. The Kier molecular flexibility index (Phi) is 4.61. The predicted molar refractivity (Wildman–Crippen MR) is 119 cm³/mol. The molecule has 0 aliphatic carbocycles. The molecule has 0 bridgehead atoms. The van der Waals surface area contributed by atoms with Crippen LogP contribution >= 0.6 is 11.3 Å². The minimum Gasteiger partial charge on any atom is -0.338 e. The van der Waals surface area contributed by atoms with E-state index in [-0.39, 0.29) is 11.7 Å². The number of rotatable bonds is 4. The van der Waals surface area contributed by atoms with E-state index < -0.39 is 0 Å².